The van der Waals surface area contributed by atoms with Crippen LogP contribution in [0, 0.1) is 12.7 Å². The van der Waals surface area contributed by atoms with Crippen LogP contribution in [-0.2, 0) is 11.3 Å². The Balaban J connectivity index is 2.03. The van der Waals surface area contributed by atoms with E-state index in [1.165, 1.54) is 6.07 Å². The lowest BCUT2D eigenvalue weighted by molar-refractivity contribution is -0.114. The number of benzene rings is 1. The van der Waals surface area contributed by atoms with Crippen molar-refractivity contribution >= 4 is 33.3 Å². The summed E-state index contributed by atoms with van der Waals surface area (Å²) in [7, 11) is 0. The zero-order valence-corrected chi connectivity index (χ0v) is 11.8. The third-order valence-corrected chi connectivity index (χ3v) is 3.48. The molecule has 102 valence electrons. The van der Waals surface area contributed by atoms with Gasteiger partial charge in [-0.25, -0.2) is 4.39 Å². The largest absolute Gasteiger partial charge is 0.424 e. The zero-order valence-electron chi connectivity index (χ0n) is 10.2. The van der Waals surface area contributed by atoms with E-state index in [4.69, 9.17) is 4.42 Å². The molecule has 0 fully saturated rings. The van der Waals surface area contributed by atoms with Crippen molar-refractivity contribution in [1.29, 1.82) is 0 Å². The number of Topliss-reactive ketones (excluding diaryl/α,β-unsaturated/α-hetero) is 1. The van der Waals surface area contributed by atoms with E-state index in [1.54, 1.807) is 6.92 Å². The Hall–Kier alpha value is -2.09. The van der Waals surface area contributed by atoms with E-state index in [0.29, 0.717) is 5.89 Å². The van der Waals surface area contributed by atoms with Gasteiger partial charge in [0.25, 0.3) is 11.7 Å². The molecule has 8 heteroatoms. The maximum atomic E-state index is 13.6. The van der Waals surface area contributed by atoms with E-state index >= 15 is 0 Å². The van der Waals surface area contributed by atoms with Crippen LogP contribution in [0.3, 0.4) is 0 Å². The van der Waals surface area contributed by atoms with Crippen molar-refractivity contribution in [2.75, 3.05) is 4.90 Å². The highest BCUT2D eigenvalue weighted by Crippen LogP contribution is 2.34. The van der Waals surface area contributed by atoms with Crippen LogP contribution >= 0.6 is 15.9 Å². The van der Waals surface area contributed by atoms with E-state index in [2.05, 4.69) is 26.1 Å². The number of hydrogen-bond acceptors (Lipinski definition) is 5. The number of hydrogen-bond donors (Lipinski definition) is 0. The lowest BCUT2D eigenvalue weighted by atomic mass is 10.1. The van der Waals surface area contributed by atoms with Gasteiger partial charge in [-0.3, -0.25) is 14.5 Å². The van der Waals surface area contributed by atoms with Crippen LogP contribution in [0.2, 0.25) is 0 Å². The van der Waals surface area contributed by atoms with Crippen LogP contribution in [0.4, 0.5) is 10.1 Å². The van der Waals surface area contributed by atoms with Crippen LogP contribution < -0.4 is 4.90 Å². The van der Waals surface area contributed by atoms with Gasteiger partial charge in [0.2, 0.25) is 11.8 Å². The van der Waals surface area contributed by atoms with Crippen LogP contribution in [0.5, 0.6) is 0 Å². The number of anilines is 1. The Morgan fingerprint density at radius 2 is 2.10 bits per heavy atom. The fourth-order valence-electron chi connectivity index (χ4n) is 1.98. The lowest BCUT2D eigenvalue weighted by Crippen LogP contribution is -2.29. The molecule has 0 atom stereocenters. The van der Waals surface area contributed by atoms with Gasteiger partial charge in [-0.1, -0.05) is 0 Å². The molecule has 6 nitrogen and oxygen atoms in total. The summed E-state index contributed by atoms with van der Waals surface area (Å²) in [5.41, 5.74) is 0.357. The maximum absolute atomic E-state index is 13.6. The average Bonchev–Trinajstić information content (AvgIpc) is 2.90. The van der Waals surface area contributed by atoms with Crippen molar-refractivity contribution in [3.63, 3.8) is 0 Å². The van der Waals surface area contributed by atoms with Crippen molar-refractivity contribution in [3.8, 4) is 0 Å². The monoisotopic (exact) mass is 339 g/mol. The molecule has 2 heterocycles. The second-order valence-electron chi connectivity index (χ2n) is 4.22. The minimum atomic E-state index is -0.742. The molecule has 1 aromatic carbocycles. The van der Waals surface area contributed by atoms with Gasteiger partial charge in [-0.15, -0.1) is 10.2 Å². The highest BCUT2D eigenvalue weighted by Gasteiger charge is 2.37. The standard InChI is InChI=1S/C12H7BrFN3O3/c1-5-15-16-10(20-5)4-17-9-3-8(14)7(13)2-6(9)11(18)12(17)19/h2-3H,4H2,1H3. The molecule has 20 heavy (non-hydrogen) atoms. The predicted octanol–water partition coefficient (Wildman–Crippen LogP) is 2.01. The molecule has 1 aromatic heterocycles. The number of ketones is 1. The molecule has 0 saturated heterocycles. The number of amides is 1. The molecule has 0 unspecified atom stereocenters. The second-order valence-corrected chi connectivity index (χ2v) is 5.07. The highest BCUT2D eigenvalue weighted by atomic mass is 79.9. The van der Waals surface area contributed by atoms with E-state index in [-0.39, 0.29) is 28.2 Å². The Morgan fingerprint density at radius 1 is 1.35 bits per heavy atom. The molecule has 0 radical (unpaired) electrons. The van der Waals surface area contributed by atoms with Crippen molar-refractivity contribution in [3.05, 3.63) is 39.8 Å². The minimum Gasteiger partial charge on any atom is -0.424 e. The molecule has 1 aliphatic heterocycles. The molecule has 0 N–H and O–H groups in total. The third kappa shape index (κ3) is 1.92. The Morgan fingerprint density at radius 3 is 2.75 bits per heavy atom. The molecular formula is C12H7BrFN3O3. The summed E-state index contributed by atoms with van der Waals surface area (Å²) in [5, 5.41) is 7.40. The fraction of sp³-hybridized carbons (Fsp3) is 0.167. The van der Waals surface area contributed by atoms with E-state index in [0.717, 1.165) is 11.0 Å². The van der Waals surface area contributed by atoms with Crippen LogP contribution in [0.25, 0.3) is 0 Å². The quantitative estimate of drug-likeness (QED) is 0.782. The van der Waals surface area contributed by atoms with Gasteiger partial charge in [0, 0.05) is 6.92 Å². The predicted molar refractivity (Wildman–Crippen MR) is 68.7 cm³/mol. The topological polar surface area (TPSA) is 76.3 Å². The highest BCUT2D eigenvalue weighted by molar-refractivity contribution is 9.10. The molecule has 0 aliphatic carbocycles. The number of fused-ring (bicyclic) bond motifs is 1. The summed E-state index contributed by atoms with van der Waals surface area (Å²) in [5.74, 6) is -1.46. The van der Waals surface area contributed by atoms with Crippen molar-refractivity contribution in [2.45, 2.75) is 13.5 Å². The zero-order chi connectivity index (χ0) is 14.4. The van der Waals surface area contributed by atoms with E-state index in [1.807, 2.05) is 0 Å². The van der Waals surface area contributed by atoms with Gasteiger partial charge in [0.1, 0.15) is 12.4 Å². The average molecular weight is 340 g/mol. The number of carbonyl (C=O) groups excluding carboxylic acids is 2. The number of halogens is 2. The lowest BCUT2D eigenvalue weighted by Gasteiger charge is -2.13. The van der Waals surface area contributed by atoms with Crippen LogP contribution in [0.15, 0.2) is 21.0 Å². The molecule has 0 saturated carbocycles. The molecular weight excluding hydrogens is 333 g/mol. The minimum absolute atomic E-state index is 0.0700. The Labute approximate surface area is 120 Å². The van der Waals surface area contributed by atoms with Gasteiger partial charge in [0.15, 0.2) is 0 Å². The van der Waals surface area contributed by atoms with Crippen LogP contribution in [-0.4, -0.2) is 21.9 Å². The number of nitrogens with zero attached hydrogens (tertiary/aromatic N) is 3. The first-order chi connectivity index (χ1) is 9.47. The van der Waals surface area contributed by atoms with Gasteiger partial charge in [0.05, 0.1) is 15.7 Å². The second kappa shape index (κ2) is 4.48. The fourth-order valence-corrected chi connectivity index (χ4v) is 2.33. The first kappa shape index (κ1) is 12.9. The number of aromatic nitrogens is 2. The molecule has 0 bridgehead atoms. The van der Waals surface area contributed by atoms with Crippen molar-refractivity contribution < 1.29 is 18.4 Å². The third-order valence-electron chi connectivity index (χ3n) is 2.87. The van der Waals surface area contributed by atoms with Gasteiger partial charge in [-0.05, 0) is 28.1 Å². The summed E-state index contributed by atoms with van der Waals surface area (Å²) in [6.07, 6.45) is 0. The summed E-state index contributed by atoms with van der Waals surface area (Å²) < 4.78 is 18.9. The first-order valence-electron chi connectivity index (χ1n) is 5.61. The summed E-state index contributed by atoms with van der Waals surface area (Å²) in [4.78, 5) is 24.9. The van der Waals surface area contributed by atoms with Crippen molar-refractivity contribution in [2.24, 2.45) is 0 Å². The van der Waals surface area contributed by atoms with E-state index < -0.39 is 17.5 Å². The molecule has 2 aromatic rings. The summed E-state index contributed by atoms with van der Waals surface area (Å²) >= 11 is 2.99. The normalized spacial score (nSPS) is 14.1. The Kier molecular flexibility index (Phi) is 2.89. The van der Waals surface area contributed by atoms with E-state index in [9.17, 15) is 14.0 Å². The molecule has 1 aliphatic rings. The van der Waals surface area contributed by atoms with Gasteiger partial charge in [-0.2, -0.15) is 0 Å². The van der Waals surface area contributed by atoms with Crippen LogP contribution in [0.1, 0.15) is 22.1 Å². The van der Waals surface area contributed by atoms with Crippen molar-refractivity contribution in [1.82, 2.24) is 10.2 Å². The number of rotatable bonds is 2. The first-order valence-corrected chi connectivity index (χ1v) is 6.41. The smallest absolute Gasteiger partial charge is 0.299 e. The molecule has 0 spiro atoms. The molecule has 1 amide bonds. The number of carbonyl (C=O) groups is 2. The van der Waals surface area contributed by atoms with Gasteiger partial charge < -0.3 is 4.42 Å². The Bertz CT molecular complexity index is 744. The number of aryl methyl sites for hydroxylation is 1. The summed E-state index contributed by atoms with van der Waals surface area (Å²) in [6.45, 7) is 1.54. The molecule has 3 rings (SSSR count). The maximum Gasteiger partial charge on any atom is 0.299 e. The SMILES string of the molecule is Cc1nnc(CN2C(=O)C(=O)c3cc(Br)c(F)cc32)o1. The van der Waals surface area contributed by atoms with Gasteiger partial charge >= 0.3 is 0 Å². The summed E-state index contributed by atoms with van der Waals surface area (Å²) in [6, 6.07) is 2.43.